The van der Waals surface area contributed by atoms with Crippen molar-refractivity contribution < 1.29 is 9.57 Å². The fraction of sp³-hybridized carbons (Fsp3) is 0.318. The Bertz CT molecular complexity index is 728. The van der Waals surface area contributed by atoms with Crippen molar-refractivity contribution in [3.63, 3.8) is 0 Å². The number of thioether (sulfide) groups is 1. The van der Waals surface area contributed by atoms with E-state index in [9.17, 15) is 0 Å². The Morgan fingerprint density at radius 1 is 1.08 bits per heavy atom. The maximum atomic E-state index is 6.08. The van der Waals surface area contributed by atoms with Gasteiger partial charge in [0.1, 0.15) is 12.9 Å². The van der Waals surface area contributed by atoms with E-state index in [4.69, 9.17) is 9.57 Å². The zero-order valence-corrected chi connectivity index (χ0v) is 16.8. The molecule has 0 bridgehead atoms. The Kier molecular flexibility index (Phi) is 8.29. The number of nitrogens with zero attached hydrogens (tertiary/aromatic N) is 1. The molecule has 0 atom stereocenters. The molecule has 0 spiro atoms. The van der Waals surface area contributed by atoms with Crippen LogP contribution in [-0.2, 0) is 11.3 Å². The number of benzene rings is 2. The van der Waals surface area contributed by atoms with Gasteiger partial charge in [0.25, 0.3) is 0 Å². The zero-order valence-electron chi connectivity index (χ0n) is 16.0. The molecule has 0 aliphatic carbocycles. The molecule has 2 aromatic rings. The second-order valence-corrected chi connectivity index (χ2v) is 7.12. The van der Waals surface area contributed by atoms with Crippen molar-refractivity contribution in [3.8, 4) is 5.75 Å². The summed E-state index contributed by atoms with van der Waals surface area (Å²) in [5, 5.41) is 3.77. The first kappa shape index (κ1) is 20.1. The number of ether oxygens (including phenoxy) is 1. The highest BCUT2D eigenvalue weighted by atomic mass is 32.2. The molecule has 0 unspecified atom stereocenters. The molecule has 0 saturated heterocycles. The normalized spacial score (nSPS) is 11.4. The Morgan fingerprint density at radius 2 is 1.77 bits per heavy atom. The van der Waals surface area contributed by atoms with Crippen molar-refractivity contribution in [2.75, 3.05) is 19.5 Å². The number of hydrogen-bond donors (Lipinski definition) is 0. The Hall–Kier alpha value is -2.20. The molecule has 26 heavy (non-hydrogen) atoms. The van der Waals surface area contributed by atoms with E-state index in [1.807, 2.05) is 23.9 Å². The summed E-state index contributed by atoms with van der Waals surface area (Å²) >= 11 is 1.85. The minimum atomic E-state index is 0.665. The van der Waals surface area contributed by atoms with Gasteiger partial charge in [0.15, 0.2) is 0 Å². The van der Waals surface area contributed by atoms with Gasteiger partial charge in [0.2, 0.25) is 0 Å². The van der Waals surface area contributed by atoms with Gasteiger partial charge in [-0.25, -0.2) is 0 Å². The van der Waals surface area contributed by atoms with Crippen molar-refractivity contribution in [3.05, 3.63) is 70.8 Å². The van der Waals surface area contributed by atoms with Gasteiger partial charge in [0.05, 0.1) is 12.8 Å². The first-order valence-corrected chi connectivity index (χ1v) is 9.76. The van der Waals surface area contributed by atoms with Gasteiger partial charge in [-0.2, -0.15) is 0 Å². The molecular formula is C22H27NO2S. The van der Waals surface area contributed by atoms with Crippen LogP contribution in [0.15, 0.2) is 58.6 Å². The second kappa shape index (κ2) is 10.7. The van der Waals surface area contributed by atoms with Crippen LogP contribution in [0.1, 0.15) is 29.2 Å². The molecule has 138 valence electrons. The molecule has 0 aromatic heterocycles. The lowest BCUT2D eigenvalue weighted by Crippen LogP contribution is -2.04. The van der Waals surface area contributed by atoms with Crippen LogP contribution in [-0.4, -0.2) is 25.7 Å². The van der Waals surface area contributed by atoms with Gasteiger partial charge in [-0.15, -0.1) is 11.8 Å². The third-order valence-corrected chi connectivity index (χ3v) is 4.87. The Labute approximate surface area is 161 Å². The van der Waals surface area contributed by atoms with Crippen LogP contribution in [0.2, 0.25) is 0 Å². The third kappa shape index (κ3) is 6.26. The predicted molar refractivity (Wildman–Crippen MR) is 112 cm³/mol. The molecule has 0 amide bonds. The van der Waals surface area contributed by atoms with Gasteiger partial charge < -0.3 is 9.57 Å². The smallest absolute Gasteiger partial charge is 0.125 e. The summed E-state index contributed by atoms with van der Waals surface area (Å²) in [6.45, 7) is 6.95. The Balaban J connectivity index is 1.91. The molecule has 0 aliphatic heterocycles. The fourth-order valence-electron chi connectivity index (χ4n) is 2.62. The van der Waals surface area contributed by atoms with Crippen LogP contribution in [0.4, 0.5) is 0 Å². The van der Waals surface area contributed by atoms with Crippen molar-refractivity contribution >= 4 is 18.0 Å². The highest BCUT2D eigenvalue weighted by Gasteiger charge is 2.07. The zero-order chi connectivity index (χ0) is 18.8. The van der Waals surface area contributed by atoms with E-state index in [0.29, 0.717) is 6.61 Å². The second-order valence-electron chi connectivity index (χ2n) is 6.02. The Morgan fingerprint density at radius 3 is 2.38 bits per heavy atom. The van der Waals surface area contributed by atoms with E-state index in [1.165, 1.54) is 21.6 Å². The highest BCUT2D eigenvalue weighted by Crippen LogP contribution is 2.30. The molecule has 4 heteroatoms. The summed E-state index contributed by atoms with van der Waals surface area (Å²) in [5.74, 6) is 2.00. The van der Waals surface area contributed by atoms with Gasteiger partial charge in [0, 0.05) is 17.1 Å². The third-order valence-electron chi connectivity index (χ3n) is 3.94. The molecule has 0 saturated carbocycles. The number of rotatable bonds is 9. The van der Waals surface area contributed by atoms with Crippen molar-refractivity contribution in [1.29, 1.82) is 0 Å². The lowest BCUT2D eigenvalue weighted by Gasteiger charge is -2.14. The lowest BCUT2D eigenvalue weighted by molar-refractivity contribution is 0.215. The fourth-order valence-corrected chi connectivity index (χ4v) is 3.62. The predicted octanol–water partition coefficient (Wildman–Crippen LogP) is 5.57. The summed E-state index contributed by atoms with van der Waals surface area (Å²) in [4.78, 5) is 5.98. The molecular weight excluding hydrogens is 342 g/mol. The quantitative estimate of drug-likeness (QED) is 0.250. The van der Waals surface area contributed by atoms with Crippen LogP contribution < -0.4 is 4.74 Å². The number of aryl methyl sites for hydroxylation is 2. The molecule has 2 aromatic carbocycles. The first-order chi connectivity index (χ1) is 12.6. The van der Waals surface area contributed by atoms with Crippen LogP contribution in [0.3, 0.4) is 0 Å². The van der Waals surface area contributed by atoms with E-state index >= 15 is 0 Å². The molecule has 0 heterocycles. The molecule has 0 radical (unpaired) electrons. The minimum absolute atomic E-state index is 0.665. The maximum Gasteiger partial charge on any atom is 0.125 e. The van der Waals surface area contributed by atoms with Crippen LogP contribution in [0, 0.1) is 13.8 Å². The SMILES string of the molecule is C/C=C/CSc1cc(C)c(OCCc2ccc(C=NOC)cc2)c(C)c1. The molecule has 2 rings (SSSR count). The molecule has 3 nitrogen and oxygen atoms in total. The van der Waals surface area contributed by atoms with Crippen LogP contribution in [0.25, 0.3) is 0 Å². The van der Waals surface area contributed by atoms with E-state index in [-0.39, 0.29) is 0 Å². The molecule has 0 aliphatic rings. The maximum absolute atomic E-state index is 6.08. The van der Waals surface area contributed by atoms with E-state index < -0.39 is 0 Å². The minimum Gasteiger partial charge on any atom is -0.493 e. The highest BCUT2D eigenvalue weighted by molar-refractivity contribution is 7.99. The standard InChI is InChI=1S/C22H27NO2S/c1-5-6-13-26-21-14-17(2)22(18(3)15-21)25-12-11-19-7-9-20(10-8-19)16-23-24-4/h5-10,14-16H,11-13H2,1-4H3/b6-5+,23-16?. The summed E-state index contributed by atoms with van der Waals surface area (Å²) in [5.41, 5.74) is 4.65. The van der Waals surface area contributed by atoms with Gasteiger partial charge in [-0.1, -0.05) is 41.6 Å². The number of oxime groups is 1. The summed E-state index contributed by atoms with van der Waals surface area (Å²) in [7, 11) is 1.54. The molecule has 0 fully saturated rings. The van der Waals surface area contributed by atoms with Crippen LogP contribution in [0.5, 0.6) is 5.75 Å². The average Bonchev–Trinajstić information content (AvgIpc) is 2.63. The lowest BCUT2D eigenvalue weighted by atomic mass is 10.1. The van der Waals surface area contributed by atoms with Crippen molar-refractivity contribution in [1.82, 2.24) is 0 Å². The summed E-state index contributed by atoms with van der Waals surface area (Å²) < 4.78 is 6.08. The topological polar surface area (TPSA) is 30.8 Å². The van der Waals surface area contributed by atoms with Crippen molar-refractivity contribution in [2.24, 2.45) is 5.16 Å². The van der Waals surface area contributed by atoms with E-state index in [0.717, 1.165) is 23.5 Å². The van der Waals surface area contributed by atoms with Gasteiger partial charge >= 0.3 is 0 Å². The van der Waals surface area contributed by atoms with Crippen molar-refractivity contribution in [2.45, 2.75) is 32.1 Å². The monoisotopic (exact) mass is 369 g/mol. The number of hydrogen-bond acceptors (Lipinski definition) is 4. The largest absolute Gasteiger partial charge is 0.493 e. The summed E-state index contributed by atoms with van der Waals surface area (Å²) in [6.07, 6.45) is 6.83. The molecule has 0 N–H and O–H groups in total. The first-order valence-electron chi connectivity index (χ1n) is 8.77. The average molecular weight is 370 g/mol. The summed E-state index contributed by atoms with van der Waals surface area (Å²) in [6, 6.07) is 12.7. The van der Waals surface area contributed by atoms with E-state index in [1.54, 1.807) is 13.3 Å². The van der Waals surface area contributed by atoms with E-state index in [2.05, 4.69) is 62.3 Å². The van der Waals surface area contributed by atoms with Gasteiger partial charge in [-0.3, -0.25) is 0 Å². The van der Waals surface area contributed by atoms with Crippen LogP contribution >= 0.6 is 11.8 Å². The number of allylic oxidation sites excluding steroid dienone is 1. The van der Waals surface area contributed by atoms with Gasteiger partial charge in [-0.05, 0) is 55.2 Å².